The second-order valence-electron chi connectivity index (χ2n) is 11.4. The second kappa shape index (κ2) is 16.3. The lowest BCUT2D eigenvalue weighted by Gasteiger charge is -2.52. The molecule has 3 rings (SSSR count). The van der Waals surface area contributed by atoms with Gasteiger partial charge in [-0.05, 0) is 45.3 Å². The van der Waals surface area contributed by atoms with Gasteiger partial charge in [0.05, 0.1) is 43.1 Å². The van der Waals surface area contributed by atoms with Gasteiger partial charge in [0.1, 0.15) is 30.5 Å². The van der Waals surface area contributed by atoms with E-state index in [0.29, 0.717) is 19.5 Å². The van der Waals surface area contributed by atoms with Crippen molar-refractivity contribution in [2.75, 3.05) is 32.8 Å². The van der Waals surface area contributed by atoms with Gasteiger partial charge in [-0.2, -0.15) is 0 Å². The van der Waals surface area contributed by atoms with Crippen molar-refractivity contribution in [2.24, 2.45) is 34.6 Å². The number of carbonyl (C=O) groups excluding carboxylic acids is 1. The molecule has 0 bridgehead atoms. The average molecular weight is 610 g/mol. The fourth-order valence-corrected chi connectivity index (χ4v) is 6.09. The molecule has 2 saturated heterocycles. The number of ether oxygens (including phenoxy) is 3. The molecule has 2 aliphatic heterocycles. The van der Waals surface area contributed by atoms with E-state index in [1.165, 1.54) is 0 Å². The average Bonchev–Trinajstić information content (AvgIpc) is 2.96. The third-order valence-electron chi connectivity index (χ3n) is 8.50. The monoisotopic (exact) mass is 609 g/mol. The zero-order chi connectivity index (χ0) is 31.1. The van der Waals surface area contributed by atoms with Gasteiger partial charge in [-0.25, -0.2) is 0 Å². The van der Waals surface area contributed by atoms with Crippen molar-refractivity contribution in [3.05, 3.63) is 0 Å². The summed E-state index contributed by atoms with van der Waals surface area (Å²) < 4.78 is 17.9. The first-order chi connectivity index (χ1) is 20.0. The number of amides is 1. The quantitative estimate of drug-likeness (QED) is 0.0862. The van der Waals surface area contributed by atoms with Crippen LogP contribution in [0.4, 0.5) is 0 Å². The molecular weight excluding hydrogens is 558 g/mol. The van der Waals surface area contributed by atoms with Crippen LogP contribution in [0.2, 0.25) is 0 Å². The Morgan fingerprint density at radius 1 is 0.952 bits per heavy atom. The van der Waals surface area contributed by atoms with E-state index in [0.717, 1.165) is 0 Å². The van der Waals surface area contributed by atoms with Gasteiger partial charge in [0.15, 0.2) is 6.29 Å². The lowest BCUT2D eigenvalue weighted by atomic mass is 9.71. The van der Waals surface area contributed by atoms with Crippen LogP contribution in [0.5, 0.6) is 0 Å². The number of hydrogen-bond donors (Lipinski definition) is 13. The summed E-state index contributed by atoms with van der Waals surface area (Å²) in [5.41, 5.74) is 29.5. The largest absolute Gasteiger partial charge is 0.394 e. The number of aliphatic hydroxyl groups excluding tert-OH is 6. The van der Waals surface area contributed by atoms with E-state index in [2.05, 4.69) is 10.6 Å². The molecule has 0 spiro atoms. The Morgan fingerprint density at radius 3 is 2.29 bits per heavy atom. The van der Waals surface area contributed by atoms with Gasteiger partial charge < -0.3 is 84.2 Å². The van der Waals surface area contributed by atoms with Gasteiger partial charge in [0.2, 0.25) is 5.91 Å². The Balaban J connectivity index is 1.92. The lowest BCUT2D eigenvalue weighted by Crippen LogP contribution is -2.70. The van der Waals surface area contributed by atoms with Crippen LogP contribution in [0.1, 0.15) is 25.7 Å². The maximum Gasteiger partial charge on any atom is 0.249 e. The molecule has 42 heavy (non-hydrogen) atoms. The molecule has 1 amide bonds. The molecule has 15 atom stereocenters. The van der Waals surface area contributed by atoms with Crippen LogP contribution >= 0.6 is 0 Å². The zero-order valence-electron chi connectivity index (χ0n) is 23.7. The van der Waals surface area contributed by atoms with Crippen LogP contribution in [-0.4, -0.2) is 155 Å². The summed E-state index contributed by atoms with van der Waals surface area (Å²) in [6.45, 7) is 0.408. The smallest absolute Gasteiger partial charge is 0.249 e. The van der Waals surface area contributed by atoms with E-state index in [-0.39, 0.29) is 32.4 Å². The molecule has 3 fully saturated rings. The molecule has 1 unspecified atom stereocenters. The SMILES string of the molecule is NCCCN[C@@H]1C[C@H](O)[C@@H](CN)O[C@@H]1C1[C@@H](N)C[C@@H](NC(=O)[C@@H](O)CCN)[C@H](O[C@H]2O[C@H](CO)[C@@H](O)[C@H](N)[C@H]2O)[C@H]1O. The molecule has 2 heterocycles. The Kier molecular flexibility index (Phi) is 13.7. The number of aliphatic hydroxyl groups is 6. The predicted octanol–water partition coefficient (Wildman–Crippen LogP) is -7.18. The van der Waals surface area contributed by atoms with E-state index in [1.54, 1.807) is 0 Å². The van der Waals surface area contributed by atoms with Crippen LogP contribution in [0.3, 0.4) is 0 Å². The van der Waals surface area contributed by atoms with Crippen molar-refractivity contribution in [3.63, 3.8) is 0 Å². The van der Waals surface area contributed by atoms with Gasteiger partial charge in [0, 0.05) is 24.5 Å². The molecule has 3 aliphatic rings. The minimum atomic E-state index is -1.56. The number of carbonyl (C=O) groups is 1. The molecule has 1 aliphatic carbocycles. The first-order valence-corrected chi connectivity index (χ1v) is 14.6. The van der Waals surface area contributed by atoms with Crippen LogP contribution in [0, 0.1) is 5.92 Å². The molecule has 0 aromatic heterocycles. The summed E-state index contributed by atoms with van der Waals surface area (Å²) in [6, 6.07) is -3.43. The molecular formula is C25H51N7O10. The maximum atomic E-state index is 12.8. The van der Waals surface area contributed by atoms with Crippen molar-refractivity contribution in [1.29, 1.82) is 0 Å². The molecule has 1 saturated carbocycles. The summed E-state index contributed by atoms with van der Waals surface area (Å²) in [5.74, 6) is -1.58. The van der Waals surface area contributed by atoms with Crippen molar-refractivity contribution in [3.8, 4) is 0 Å². The lowest BCUT2D eigenvalue weighted by molar-refractivity contribution is -0.307. The highest BCUT2D eigenvalue weighted by Gasteiger charge is 2.54. The Bertz CT molecular complexity index is 834. The highest BCUT2D eigenvalue weighted by molar-refractivity contribution is 5.80. The molecule has 17 nitrogen and oxygen atoms in total. The van der Waals surface area contributed by atoms with Crippen LogP contribution in [0.25, 0.3) is 0 Å². The predicted molar refractivity (Wildman–Crippen MR) is 148 cm³/mol. The standard InChI is InChI=1S/C25H51N7O10/c26-3-1-5-31-11-7-14(35)15(8-28)40-22(11)17-10(29)6-12(32-24(39)13(34)2-4-27)23(20(17)37)42-25-21(38)18(30)19(36)16(9-33)41-25/h10-23,25,31,33-38H,1-9,26-30H2,(H,32,39)/t10-,11+,12+,13-,14-,15+,16+,17?,18-,19+,20-,21+,22-,23-,25+/m0/s1. The molecule has 0 radical (unpaired) electrons. The molecule has 18 N–H and O–H groups in total. The number of nitrogens with one attached hydrogen (secondary N) is 2. The minimum Gasteiger partial charge on any atom is -0.394 e. The summed E-state index contributed by atoms with van der Waals surface area (Å²) >= 11 is 0. The number of hydrogen-bond acceptors (Lipinski definition) is 16. The van der Waals surface area contributed by atoms with Gasteiger partial charge >= 0.3 is 0 Å². The summed E-state index contributed by atoms with van der Waals surface area (Å²) in [7, 11) is 0. The Hall–Kier alpha value is -1.13. The molecule has 17 heteroatoms. The summed E-state index contributed by atoms with van der Waals surface area (Å²) in [4.78, 5) is 12.8. The van der Waals surface area contributed by atoms with E-state index in [1.807, 2.05) is 0 Å². The Labute approximate surface area is 245 Å². The highest BCUT2D eigenvalue weighted by Crippen LogP contribution is 2.37. The first kappa shape index (κ1) is 35.4. The van der Waals surface area contributed by atoms with E-state index in [4.69, 9.17) is 42.9 Å². The van der Waals surface area contributed by atoms with Gasteiger partial charge in [-0.1, -0.05) is 0 Å². The van der Waals surface area contributed by atoms with Gasteiger partial charge in [-0.15, -0.1) is 0 Å². The van der Waals surface area contributed by atoms with Crippen molar-refractivity contribution in [2.45, 2.75) is 111 Å². The van der Waals surface area contributed by atoms with Crippen molar-refractivity contribution in [1.82, 2.24) is 10.6 Å². The molecule has 246 valence electrons. The first-order valence-electron chi connectivity index (χ1n) is 14.6. The topological polar surface area (TPSA) is 320 Å². The molecule has 0 aromatic carbocycles. The second-order valence-corrected chi connectivity index (χ2v) is 11.4. The minimum absolute atomic E-state index is 0.00838. The van der Waals surface area contributed by atoms with E-state index in [9.17, 15) is 35.4 Å². The third-order valence-corrected chi connectivity index (χ3v) is 8.50. The fourth-order valence-electron chi connectivity index (χ4n) is 6.09. The van der Waals surface area contributed by atoms with Crippen LogP contribution in [-0.2, 0) is 19.0 Å². The van der Waals surface area contributed by atoms with Crippen molar-refractivity contribution >= 4 is 5.91 Å². The van der Waals surface area contributed by atoms with Gasteiger partial charge in [-0.3, -0.25) is 4.79 Å². The van der Waals surface area contributed by atoms with Gasteiger partial charge in [0.25, 0.3) is 0 Å². The third kappa shape index (κ3) is 8.12. The number of rotatable bonds is 13. The fraction of sp³-hybridized carbons (Fsp3) is 0.960. The number of nitrogens with two attached hydrogens (primary N) is 5. The van der Waals surface area contributed by atoms with Crippen LogP contribution < -0.4 is 39.3 Å². The van der Waals surface area contributed by atoms with Crippen molar-refractivity contribution < 1.29 is 49.6 Å². The molecule has 0 aromatic rings. The summed E-state index contributed by atoms with van der Waals surface area (Å²) in [5, 5.41) is 69.3. The Morgan fingerprint density at radius 2 is 1.67 bits per heavy atom. The highest BCUT2D eigenvalue weighted by atomic mass is 16.7. The van der Waals surface area contributed by atoms with E-state index >= 15 is 0 Å². The normalized spacial score (nSPS) is 43.6. The summed E-state index contributed by atoms with van der Waals surface area (Å²) in [6.07, 6.45) is -11.2. The van der Waals surface area contributed by atoms with Crippen LogP contribution in [0.15, 0.2) is 0 Å². The van der Waals surface area contributed by atoms with E-state index < -0.39 is 104 Å². The zero-order valence-corrected chi connectivity index (χ0v) is 23.7. The maximum absolute atomic E-state index is 12.8.